The molecule has 0 aromatic heterocycles. The zero-order chi connectivity index (χ0) is 18.0. The summed E-state index contributed by atoms with van der Waals surface area (Å²) in [6.07, 6.45) is 1.82. The fourth-order valence-corrected chi connectivity index (χ4v) is 3.01. The Morgan fingerprint density at radius 3 is 2.54 bits per heavy atom. The number of benzene rings is 1. The van der Waals surface area contributed by atoms with Crippen LogP contribution < -0.4 is 10.6 Å². The molecule has 6 nitrogen and oxygen atoms in total. The molecule has 2 N–H and O–H groups in total. The van der Waals surface area contributed by atoms with Crippen molar-refractivity contribution < 1.29 is 8.42 Å². The quantitative estimate of drug-likeness (QED) is 0.513. The van der Waals surface area contributed by atoms with Gasteiger partial charge in [0.25, 0.3) is 0 Å². The van der Waals surface area contributed by atoms with Gasteiger partial charge in [-0.25, -0.2) is 8.42 Å². The summed E-state index contributed by atoms with van der Waals surface area (Å²) < 4.78 is 22.4. The maximum Gasteiger partial charge on any atom is 0.191 e. The van der Waals surface area contributed by atoms with Crippen molar-refractivity contribution in [3.63, 3.8) is 0 Å². The van der Waals surface area contributed by atoms with Gasteiger partial charge in [-0.15, -0.1) is 0 Å². The average Bonchev–Trinajstić information content (AvgIpc) is 2.52. The van der Waals surface area contributed by atoms with Crippen LogP contribution in [0.5, 0.6) is 0 Å². The van der Waals surface area contributed by atoms with Crippen LogP contribution in [0.2, 0.25) is 0 Å². The van der Waals surface area contributed by atoms with Gasteiger partial charge in [-0.3, -0.25) is 4.99 Å². The number of guanidine groups is 1. The molecule has 0 heterocycles. The number of nitrogens with zero attached hydrogens (tertiary/aromatic N) is 2. The van der Waals surface area contributed by atoms with Crippen LogP contribution in [-0.2, 0) is 16.4 Å². The maximum absolute atomic E-state index is 11.2. The molecule has 0 radical (unpaired) electrons. The van der Waals surface area contributed by atoms with Crippen molar-refractivity contribution in [3.05, 3.63) is 35.9 Å². The zero-order valence-electron chi connectivity index (χ0n) is 15.1. The van der Waals surface area contributed by atoms with E-state index < -0.39 is 9.84 Å². The molecule has 1 aromatic carbocycles. The summed E-state index contributed by atoms with van der Waals surface area (Å²) in [5, 5.41) is 6.48. The van der Waals surface area contributed by atoms with Gasteiger partial charge in [0.15, 0.2) is 5.96 Å². The smallest absolute Gasteiger partial charge is 0.191 e. The molecule has 1 rings (SSSR count). The molecule has 0 aliphatic carbocycles. The number of rotatable bonds is 9. The lowest BCUT2D eigenvalue weighted by atomic mass is 10.2. The van der Waals surface area contributed by atoms with Crippen molar-refractivity contribution in [2.24, 2.45) is 4.99 Å². The van der Waals surface area contributed by atoms with E-state index in [0.29, 0.717) is 12.4 Å². The van der Waals surface area contributed by atoms with Crippen LogP contribution in [0.3, 0.4) is 0 Å². The summed E-state index contributed by atoms with van der Waals surface area (Å²) >= 11 is 0. The van der Waals surface area contributed by atoms with Crippen LogP contribution in [0.1, 0.15) is 18.9 Å². The molecule has 7 heteroatoms. The predicted octanol–water partition coefficient (Wildman–Crippen LogP) is 1.11. The lowest BCUT2D eigenvalue weighted by molar-refractivity contribution is 0.331. The maximum atomic E-state index is 11.2. The molecule has 0 aliphatic rings. The molecule has 0 saturated carbocycles. The van der Waals surface area contributed by atoms with E-state index in [1.54, 1.807) is 7.05 Å². The van der Waals surface area contributed by atoms with Crippen LogP contribution in [0.15, 0.2) is 35.3 Å². The average molecular weight is 355 g/mol. The van der Waals surface area contributed by atoms with Crippen LogP contribution in [-0.4, -0.2) is 64.5 Å². The summed E-state index contributed by atoms with van der Waals surface area (Å²) in [4.78, 5) is 6.42. The first-order valence-corrected chi connectivity index (χ1v) is 10.2. The van der Waals surface area contributed by atoms with Gasteiger partial charge in [0, 0.05) is 39.0 Å². The van der Waals surface area contributed by atoms with E-state index >= 15 is 0 Å². The van der Waals surface area contributed by atoms with Gasteiger partial charge >= 0.3 is 0 Å². The van der Waals surface area contributed by atoms with Crippen LogP contribution in [0, 0.1) is 0 Å². The molecule has 1 atom stereocenters. The topological polar surface area (TPSA) is 73.8 Å². The van der Waals surface area contributed by atoms with Gasteiger partial charge in [-0.1, -0.05) is 30.3 Å². The van der Waals surface area contributed by atoms with E-state index in [1.807, 2.05) is 25.1 Å². The van der Waals surface area contributed by atoms with E-state index in [1.165, 1.54) is 11.8 Å². The molecule has 136 valence electrons. The van der Waals surface area contributed by atoms with E-state index in [4.69, 9.17) is 0 Å². The van der Waals surface area contributed by atoms with Crippen LogP contribution in [0.25, 0.3) is 0 Å². The molecular formula is C17H30N4O2S. The first-order chi connectivity index (χ1) is 11.3. The second-order valence-corrected chi connectivity index (χ2v) is 8.45. The fourth-order valence-electron chi connectivity index (χ4n) is 2.23. The van der Waals surface area contributed by atoms with Crippen molar-refractivity contribution in [3.8, 4) is 0 Å². The monoisotopic (exact) mass is 354 g/mol. The Bertz CT molecular complexity index is 602. The van der Waals surface area contributed by atoms with Crippen LogP contribution >= 0.6 is 0 Å². The Labute approximate surface area is 146 Å². The first-order valence-electron chi connectivity index (χ1n) is 8.17. The highest BCUT2D eigenvalue weighted by atomic mass is 32.2. The molecule has 1 unspecified atom stereocenters. The standard InChI is InChI=1S/C17H30N4O2S/c1-15(10-13-24(4,22)23)20-17(18-2)19-11-12-21(3)14-16-8-6-5-7-9-16/h5-9,15H,10-14H2,1-4H3,(H2,18,19,20). The van der Waals surface area contributed by atoms with E-state index in [0.717, 1.165) is 19.6 Å². The second-order valence-electron chi connectivity index (χ2n) is 6.19. The van der Waals surface area contributed by atoms with Crippen LogP contribution in [0.4, 0.5) is 0 Å². The number of sulfone groups is 1. The van der Waals surface area contributed by atoms with Crippen molar-refractivity contribution in [2.45, 2.75) is 25.9 Å². The van der Waals surface area contributed by atoms with Crippen molar-refractivity contribution >= 4 is 15.8 Å². The Morgan fingerprint density at radius 2 is 1.96 bits per heavy atom. The minimum Gasteiger partial charge on any atom is -0.355 e. The number of nitrogens with one attached hydrogen (secondary N) is 2. The lowest BCUT2D eigenvalue weighted by Gasteiger charge is -2.20. The molecule has 0 saturated heterocycles. The van der Waals surface area contributed by atoms with Gasteiger partial charge in [-0.05, 0) is 26.0 Å². The van der Waals surface area contributed by atoms with Gasteiger partial charge in [-0.2, -0.15) is 0 Å². The van der Waals surface area contributed by atoms with E-state index in [2.05, 4.69) is 39.7 Å². The minimum atomic E-state index is -2.93. The molecular weight excluding hydrogens is 324 g/mol. The SMILES string of the molecule is CN=C(NCCN(C)Cc1ccccc1)NC(C)CCS(C)(=O)=O. The first kappa shape index (κ1) is 20.4. The molecule has 1 aromatic rings. The third kappa shape index (κ3) is 9.52. The highest BCUT2D eigenvalue weighted by Crippen LogP contribution is 2.01. The Kier molecular flexibility index (Phi) is 8.78. The summed E-state index contributed by atoms with van der Waals surface area (Å²) in [6, 6.07) is 10.4. The zero-order valence-corrected chi connectivity index (χ0v) is 15.9. The molecule has 0 amide bonds. The van der Waals surface area contributed by atoms with Gasteiger partial charge in [0.2, 0.25) is 0 Å². The molecule has 0 bridgehead atoms. The number of aliphatic imine (C=N–C) groups is 1. The van der Waals surface area contributed by atoms with Crippen molar-refractivity contribution in [2.75, 3.05) is 39.2 Å². The van der Waals surface area contributed by atoms with E-state index in [-0.39, 0.29) is 11.8 Å². The Hall–Kier alpha value is -1.60. The lowest BCUT2D eigenvalue weighted by Crippen LogP contribution is -2.44. The summed E-state index contributed by atoms with van der Waals surface area (Å²) in [6.45, 7) is 4.51. The van der Waals surface area contributed by atoms with Crippen molar-refractivity contribution in [1.29, 1.82) is 0 Å². The normalized spacial score (nSPS) is 13.8. The molecule has 0 fully saturated rings. The molecule has 0 aliphatic heterocycles. The Balaban J connectivity index is 2.28. The van der Waals surface area contributed by atoms with Gasteiger partial charge in [0.05, 0.1) is 5.75 Å². The summed E-state index contributed by atoms with van der Waals surface area (Å²) in [7, 11) is 0.871. The highest BCUT2D eigenvalue weighted by Gasteiger charge is 2.09. The largest absolute Gasteiger partial charge is 0.355 e. The van der Waals surface area contributed by atoms with Gasteiger partial charge < -0.3 is 15.5 Å². The predicted molar refractivity (Wildman–Crippen MR) is 101 cm³/mol. The Morgan fingerprint density at radius 1 is 1.29 bits per heavy atom. The summed E-state index contributed by atoms with van der Waals surface area (Å²) in [5.41, 5.74) is 1.29. The third-order valence-corrected chi connectivity index (χ3v) is 4.59. The van der Waals surface area contributed by atoms with E-state index in [9.17, 15) is 8.42 Å². The summed E-state index contributed by atoms with van der Waals surface area (Å²) in [5.74, 6) is 0.877. The fraction of sp³-hybridized carbons (Fsp3) is 0.588. The third-order valence-electron chi connectivity index (χ3n) is 3.61. The number of likely N-dealkylation sites (N-methyl/N-ethyl adjacent to an activating group) is 1. The highest BCUT2D eigenvalue weighted by molar-refractivity contribution is 7.90. The van der Waals surface area contributed by atoms with Crippen molar-refractivity contribution in [1.82, 2.24) is 15.5 Å². The number of hydrogen-bond donors (Lipinski definition) is 2. The number of hydrogen-bond acceptors (Lipinski definition) is 4. The molecule has 0 spiro atoms. The van der Waals surface area contributed by atoms with Gasteiger partial charge in [0.1, 0.15) is 9.84 Å². The minimum absolute atomic E-state index is 0.0490. The second kappa shape index (κ2) is 10.3. The molecule has 24 heavy (non-hydrogen) atoms.